The van der Waals surface area contributed by atoms with Crippen LogP contribution in [0.4, 0.5) is 11.8 Å². The predicted octanol–water partition coefficient (Wildman–Crippen LogP) is 3.66. The zero-order valence-corrected chi connectivity index (χ0v) is 19.8. The van der Waals surface area contributed by atoms with Crippen LogP contribution >= 0.6 is 23.2 Å². The Balaban J connectivity index is 1.34. The topological polar surface area (TPSA) is 127 Å². The van der Waals surface area contributed by atoms with E-state index >= 15 is 0 Å². The standard InChI is InChI=1S/C24H24Cl2N6O2/c25-18-6-5-17(20(26)11-18)12-29-23(34)16-7-9-32(10-8-16)24-30-13-19(21(27)31-24)14-1-3-15(4-2-14)22(28)33/h1-6,11,13,16H,7-10,12H2,(H2,28,33)(H,29,34)(H2,27,30,31). The zero-order valence-electron chi connectivity index (χ0n) is 18.3. The van der Waals surface area contributed by atoms with E-state index in [1.807, 2.05) is 11.0 Å². The van der Waals surface area contributed by atoms with Gasteiger partial charge in [0.25, 0.3) is 0 Å². The zero-order chi connectivity index (χ0) is 24.2. The van der Waals surface area contributed by atoms with Gasteiger partial charge < -0.3 is 21.7 Å². The van der Waals surface area contributed by atoms with Gasteiger partial charge in [-0.05, 0) is 48.2 Å². The van der Waals surface area contributed by atoms with Gasteiger partial charge in [-0.3, -0.25) is 9.59 Å². The minimum Gasteiger partial charge on any atom is -0.383 e. The molecule has 0 spiro atoms. The van der Waals surface area contributed by atoms with Gasteiger partial charge in [0.1, 0.15) is 5.82 Å². The Labute approximate surface area is 207 Å². The highest BCUT2D eigenvalue weighted by Crippen LogP contribution is 2.28. The van der Waals surface area contributed by atoms with Crippen LogP contribution in [0, 0.1) is 5.92 Å². The molecule has 5 N–H and O–H groups in total. The van der Waals surface area contributed by atoms with Crippen molar-refractivity contribution in [3.05, 3.63) is 69.8 Å². The fraction of sp³-hybridized carbons (Fsp3) is 0.250. The molecule has 1 saturated heterocycles. The molecule has 8 nitrogen and oxygen atoms in total. The molecule has 2 amide bonds. The first-order valence-corrected chi connectivity index (χ1v) is 11.6. The summed E-state index contributed by atoms with van der Waals surface area (Å²) in [6.07, 6.45) is 3.03. The van der Waals surface area contributed by atoms with Gasteiger partial charge in [0, 0.05) is 52.9 Å². The summed E-state index contributed by atoms with van der Waals surface area (Å²) in [5.74, 6) is 0.291. The average Bonchev–Trinajstić information content (AvgIpc) is 2.83. The van der Waals surface area contributed by atoms with Crippen molar-refractivity contribution in [1.29, 1.82) is 0 Å². The number of nitrogens with one attached hydrogen (secondary N) is 1. The number of carbonyl (C=O) groups excluding carboxylic acids is 2. The fourth-order valence-corrected chi connectivity index (χ4v) is 4.38. The van der Waals surface area contributed by atoms with E-state index < -0.39 is 5.91 Å². The summed E-state index contributed by atoms with van der Waals surface area (Å²) in [4.78, 5) is 34.9. The molecule has 10 heteroatoms. The van der Waals surface area contributed by atoms with E-state index in [1.165, 1.54) is 0 Å². The van der Waals surface area contributed by atoms with E-state index in [2.05, 4.69) is 15.3 Å². The number of nitrogen functional groups attached to an aromatic ring is 1. The van der Waals surface area contributed by atoms with Crippen LogP contribution in [0.15, 0.2) is 48.7 Å². The molecule has 34 heavy (non-hydrogen) atoms. The molecule has 2 heterocycles. The van der Waals surface area contributed by atoms with Gasteiger partial charge in [0.15, 0.2) is 0 Å². The van der Waals surface area contributed by atoms with Crippen molar-refractivity contribution in [2.24, 2.45) is 11.7 Å². The molecule has 2 aromatic carbocycles. The second-order valence-corrected chi connectivity index (χ2v) is 8.97. The summed E-state index contributed by atoms with van der Waals surface area (Å²) in [6, 6.07) is 12.0. The molecule has 176 valence electrons. The third-order valence-electron chi connectivity index (χ3n) is 5.90. The lowest BCUT2D eigenvalue weighted by Gasteiger charge is -2.31. The molecular weight excluding hydrogens is 475 g/mol. The summed E-state index contributed by atoms with van der Waals surface area (Å²) >= 11 is 12.1. The lowest BCUT2D eigenvalue weighted by atomic mass is 9.96. The summed E-state index contributed by atoms with van der Waals surface area (Å²) in [5.41, 5.74) is 14.2. The average molecular weight is 499 g/mol. The first-order chi connectivity index (χ1) is 16.3. The van der Waals surface area contributed by atoms with Crippen LogP contribution in [-0.2, 0) is 11.3 Å². The fourth-order valence-electron chi connectivity index (χ4n) is 3.91. The van der Waals surface area contributed by atoms with Gasteiger partial charge in [0.2, 0.25) is 17.8 Å². The van der Waals surface area contributed by atoms with Gasteiger partial charge in [-0.15, -0.1) is 0 Å². The molecule has 0 atom stereocenters. The highest BCUT2D eigenvalue weighted by Gasteiger charge is 2.26. The lowest BCUT2D eigenvalue weighted by Crippen LogP contribution is -2.41. The first kappa shape index (κ1) is 23.8. The number of anilines is 2. The molecule has 1 fully saturated rings. The van der Waals surface area contributed by atoms with E-state index in [0.29, 0.717) is 65.4 Å². The molecule has 4 rings (SSSR count). The largest absolute Gasteiger partial charge is 0.383 e. The lowest BCUT2D eigenvalue weighted by molar-refractivity contribution is -0.125. The van der Waals surface area contributed by atoms with E-state index in [1.54, 1.807) is 42.6 Å². The van der Waals surface area contributed by atoms with Crippen LogP contribution < -0.4 is 21.7 Å². The molecule has 0 radical (unpaired) electrons. The highest BCUT2D eigenvalue weighted by molar-refractivity contribution is 6.35. The van der Waals surface area contributed by atoms with Crippen molar-refractivity contribution in [3.63, 3.8) is 0 Å². The summed E-state index contributed by atoms with van der Waals surface area (Å²) in [5, 5.41) is 4.06. The molecular formula is C24H24Cl2N6O2. The summed E-state index contributed by atoms with van der Waals surface area (Å²) in [6.45, 7) is 1.65. The van der Waals surface area contributed by atoms with Crippen LogP contribution in [0.3, 0.4) is 0 Å². The number of carbonyl (C=O) groups is 2. The van der Waals surface area contributed by atoms with Crippen LogP contribution in [0.25, 0.3) is 11.1 Å². The number of hydrogen-bond acceptors (Lipinski definition) is 6. The minimum absolute atomic E-state index is 0.000791. The third-order valence-corrected chi connectivity index (χ3v) is 6.49. The van der Waals surface area contributed by atoms with E-state index in [0.717, 1.165) is 11.1 Å². The number of primary amides is 1. The quantitative estimate of drug-likeness (QED) is 0.475. The predicted molar refractivity (Wildman–Crippen MR) is 134 cm³/mol. The monoisotopic (exact) mass is 498 g/mol. The maximum Gasteiger partial charge on any atom is 0.248 e. The van der Waals surface area contributed by atoms with Gasteiger partial charge >= 0.3 is 0 Å². The van der Waals surface area contributed by atoms with Gasteiger partial charge in [-0.25, -0.2) is 4.98 Å². The van der Waals surface area contributed by atoms with Crippen molar-refractivity contribution < 1.29 is 9.59 Å². The Morgan fingerprint density at radius 3 is 2.41 bits per heavy atom. The molecule has 3 aromatic rings. The van der Waals surface area contributed by atoms with Gasteiger partial charge in [0.05, 0.1) is 0 Å². The molecule has 1 aromatic heterocycles. The number of nitrogens with two attached hydrogens (primary N) is 2. The number of amides is 2. The van der Waals surface area contributed by atoms with E-state index in [9.17, 15) is 9.59 Å². The van der Waals surface area contributed by atoms with E-state index in [-0.39, 0.29) is 11.8 Å². The maximum atomic E-state index is 12.6. The van der Waals surface area contributed by atoms with Crippen molar-refractivity contribution >= 4 is 46.8 Å². The molecule has 0 saturated carbocycles. The molecule has 0 bridgehead atoms. The van der Waals surface area contributed by atoms with Crippen LogP contribution in [0.1, 0.15) is 28.8 Å². The van der Waals surface area contributed by atoms with E-state index in [4.69, 9.17) is 34.7 Å². The summed E-state index contributed by atoms with van der Waals surface area (Å²) in [7, 11) is 0. The Bertz CT molecular complexity index is 1210. The third kappa shape index (κ3) is 5.40. The Morgan fingerprint density at radius 2 is 1.79 bits per heavy atom. The number of rotatable bonds is 6. The van der Waals surface area contributed by atoms with Crippen molar-refractivity contribution in [2.45, 2.75) is 19.4 Å². The highest BCUT2D eigenvalue weighted by atomic mass is 35.5. The Kier molecular flexibility index (Phi) is 7.19. The van der Waals surface area contributed by atoms with Gasteiger partial charge in [-0.2, -0.15) is 4.98 Å². The number of aromatic nitrogens is 2. The van der Waals surface area contributed by atoms with Crippen LogP contribution in [-0.4, -0.2) is 34.9 Å². The Morgan fingerprint density at radius 1 is 1.09 bits per heavy atom. The number of benzene rings is 2. The van der Waals surface area contributed by atoms with Crippen molar-refractivity contribution in [3.8, 4) is 11.1 Å². The Hall–Kier alpha value is -3.36. The number of piperidine rings is 1. The number of hydrogen-bond donors (Lipinski definition) is 3. The maximum absolute atomic E-state index is 12.6. The normalized spacial score (nSPS) is 14.1. The molecule has 0 unspecified atom stereocenters. The molecule has 1 aliphatic rings. The SMILES string of the molecule is NC(=O)c1ccc(-c2cnc(N3CCC(C(=O)NCc4ccc(Cl)cc4Cl)CC3)nc2N)cc1. The second-order valence-electron chi connectivity index (χ2n) is 8.13. The van der Waals surface area contributed by atoms with Crippen LogP contribution in [0.5, 0.6) is 0 Å². The molecule has 0 aliphatic carbocycles. The van der Waals surface area contributed by atoms with Crippen molar-refractivity contribution in [1.82, 2.24) is 15.3 Å². The second kappa shape index (κ2) is 10.3. The molecule has 1 aliphatic heterocycles. The summed E-state index contributed by atoms with van der Waals surface area (Å²) < 4.78 is 0. The first-order valence-electron chi connectivity index (χ1n) is 10.8. The van der Waals surface area contributed by atoms with Crippen LogP contribution in [0.2, 0.25) is 10.0 Å². The minimum atomic E-state index is -0.489. The number of nitrogens with zero attached hydrogens (tertiary/aromatic N) is 3. The van der Waals surface area contributed by atoms with Crippen molar-refractivity contribution in [2.75, 3.05) is 23.7 Å². The smallest absolute Gasteiger partial charge is 0.248 e. The van der Waals surface area contributed by atoms with Gasteiger partial charge in [-0.1, -0.05) is 41.4 Å². The number of halogens is 2.